The lowest BCUT2D eigenvalue weighted by Crippen LogP contribution is -2.26. The van der Waals surface area contributed by atoms with Gasteiger partial charge in [0.15, 0.2) is 5.75 Å². The maximum absolute atomic E-state index is 12.2. The van der Waals surface area contributed by atoms with Gasteiger partial charge in [0.05, 0.1) is 38.3 Å². The number of amides is 1. The molecule has 17 heteroatoms. The van der Waals surface area contributed by atoms with Crippen molar-refractivity contribution < 1.29 is 28.5 Å². The van der Waals surface area contributed by atoms with Gasteiger partial charge < -0.3 is 34.5 Å². The molecule has 0 fully saturated rings. The number of pyridine rings is 3. The SMILES string of the molecule is CC(C)OC(=O)OCOc1c(C(Nc2ccccn2)c2cccc(Cl)c2Cl)ccc2cccnc12.CN(C)C(=O)Oc1ccc(Cl)cc1C(Nc1ccccn1)c1cccc(Cl)c1Cl. The minimum atomic E-state index is -0.823. The topological polar surface area (TPSA) is 137 Å². The number of benzene rings is 4. The van der Waals surface area contributed by atoms with Crippen LogP contribution in [0.5, 0.6) is 11.5 Å². The molecule has 2 atom stereocenters. The van der Waals surface area contributed by atoms with Crippen molar-refractivity contribution in [2.45, 2.75) is 32.0 Å². The van der Waals surface area contributed by atoms with E-state index >= 15 is 0 Å². The summed E-state index contributed by atoms with van der Waals surface area (Å²) < 4.78 is 21.7. The number of hydrogen-bond acceptors (Lipinski definition) is 11. The summed E-state index contributed by atoms with van der Waals surface area (Å²) in [4.78, 5) is 38.6. The highest BCUT2D eigenvalue weighted by molar-refractivity contribution is 6.43. The Kier molecular flexibility index (Phi) is 16.7. The Bertz CT molecular complexity index is 2700. The second-order valence-corrected chi connectivity index (χ2v) is 16.2. The molecule has 7 aromatic rings. The van der Waals surface area contributed by atoms with E-state index in [0.29, 0.717) is 76.0 Å². The molecule has 0 radical (unpaired) electrons. The lowest BCUT2D eigenvalue weighted by atomic mass is 9.96. The quantitative estimate of drug-likeness (QED) is 0.0844. The molecule has 0 bridgehead atoms. The molecule has 2 N–H and O–H groups in total. The Morgan fingerprint density at radius 2 is 1.23 bits per heavy atom. The zero-order valence-electron chi connectivity index (χ0n) is 34.8. The lowest BCUT2D eigenvalue weighted by Gasteiger charge is -2.24. The van der Waals surface area contributed by atoms with Crippen LogP contribution in [0.15, 0.2) is 134 Å². The van der Waals surface area contributed by atoms with Crippen molar-refractivity contribution in [3.05, 3.63) is 181 Å². The number of nitrogens with one attached hydrogen (secondary N) is 2. The van der Waals surface area contributed by atoms with Crippen molar-refractivity contribution in [3.63, 3.8) is 0 Å². The Hall–Kier alpha value is -6.02. The molecule has 330 valence electrons. The van der Waals surface area contributed by atoms with Crippen LogP contribution >= 0.6 is 58.0 Å². The highest BCUT2D eigenvalue weighted by Gasteiger charge is 2.26. The molecule has 3 aromatic heterocycles. The van der Waals surface area contributed by atoms with E-state index in [2.05, 4.69) is 25.6 Å². The van der Waals surface area contributed by atoms with Crippen molar-refractivity contribution in [2.75, 3.05) is 31.5 Å². The summed E-state index contributed by atoms with van der Waals surface area (Å²) in [6.45, 7) is 3.10. The highest BCUT2D eigenvalue weighted by atomic mass is 35.5. The number of ether oxygens (including phenoxy) is 4. The van der Waals surface area contributed by atoms with E-state index in [9.17, 15) is 9.59 Å². The van der Waals surface area contributed by atoms with E-state index in [1.165, 1.54) is 4.90 Å². The lowest BCUT2D eigenvalue weighted by molar-refractivity contribution is -0.00808. The average molecular weight is 963 g/mol. The van der Waals surface area contributed by atoms with Gasteiger partial charge in [-0.2, -0.15) is 0 Å². The summed E-state index contributed by atoms with van der Waals surface area (Å²) in [6, 6.07) is 33.4. The fraction of sp³-hybridized carbons (Fsp3) is 0.170. The summed E-state index contributed by atoms with van der Waals surface area (Å²) in [5.41, 5.74) is 3.31. The van der Waals surface area contributed by atoms with Crippen molar-refractivity contribution >= 4 is 92.8 Å². The van der Waals surface area contributed by atoms with Crippen LogP contribution < -0.4 is 20.1 Å². The number of carbonyl (C=O) groups is 2. The molecular formula is C47H41Cl5N6O6. The van der Waals surface area contributed by atoms with Crippen LogP contribution in [0.3, 0.4) is 0 Å². The van der Waals surface area contributed by atoms with E-state index in [1.54, 1.807) is 82.9 Å². The van der Waals surface area contributed by atoms with E-state index in [4.69, 9.17) is 77.0 Å². The molecule has 64 heavy (non-hydrogen) atoms. The monoisotopic (exact) mass is 960 g/mol. The van der Waals surface area contributed by atoms with Crippen LogP contribution in [0.2, 0.25) is 25.1 Å². The number of halogens is 5. The van der Waals surface area contributed by atoms with Crippen LogP contribution in [-0.4, -0.2) is 59.1 Å². The molecule has 3 heterocycles. The maximum atomic E-state index is 12.2. The first kappa shape index (κ1) is 47.5. The molecule has 1 amide bonds. The zero-order chi connectivity index (χ0) is 45.8. The number of fused-ring (bicyclic) bond motifs is 1. The largest absolute Gasteiger partial charge is 0.511 e. The van der Waals surface area contributed by atoms with Gasteiger partial charge in [-0.1, -0.05) is 113 Å². The first-order valence-corrected chi connectivity index (χ1v) is 21.4. The molecule has 0 aliphatic carbocycles. The standard InChI is InChI=1S/C26H23Cl2N3O4.C21H18Cl3N3O2/c1-16(2)35-26(32)34-15-33-25-19(12-11-17-7-6-14-30-23(17)25)24(31-21-10-3-4-13-29-21)18-8-5-9-20(27)22(18)28;1-27(2)21(28)29-17-10-9-13(22)12-15(17)20(26-18-8-3-4-11-25-18)14-6-5-7-16(23)19(14)24/h3-14,16,24H,15H2,1-2H3,(H,29,31);3-12,20H,1-2H3,(H,25,26). The fourth-order valence-corrected chi connectivity index (χ4v) is 7.24. The molecule has 7 rings (SSSR count). The minimum Gasteiger partial charge on any atom is -0.455 e. The zero-order valence-corrected chi connectivity index (χ0v) is 38.5. The molecule has 4 aromatic carbocycles. The average Bonchev–Trinajstić information content (AvgIpc) is 3.28. The van der Waals surface area contributed by atoms with E-state index in [-0.39, 0.29) is 12.9 Å². The van der Waals surface area contributed by atoms with Gasteiger partial charge in [-0.3, -0.25) is 4.98 Å². The molecule has 0 saturated heterocycles. The van der Waals surface area contributed by atoms with Crippen molar-refractivity contribution in [2.24, 2.45) is 0 Å². The fourth-order valence-electron chi connectivity index (χ4n) is 6.22. The number of rotatable bonds is 13. The number of aromatic nitrogens is 3. The summed E-state index contributed by atoms with van der Waals surface area (Å²) in [5.74, 6) is 2.00. The normalized spacial score (nSPS) is 11.7. The van der Waals surface area contributed by atoms with E-state index in [0.717, 1.165) is 5.39 Å². The Balaban J connectivity index is 0.000000216. The van der Waals surface area contributed by atoms with Gasteiger partial charge >= 0.3 is 12.2 Å². The third kappa shape index (κ3) is 12.4. The van der Waals surface area contributed by atoms with Gasteiger partial charge in [0.25, 0.3) is 0 Å². The van der Waals surface area contributed by atoms with Crippen LogP contribution in [-0.2, 0) is 9.47 Å². The maximum Gasteiger partial charge on any atom is 0.511 e. The Morgan fingerprint density at radius 1 is 0.641 bits per heavy atom. The molecule has 0 aliphatic rings. The van der Waals surface area contributed by atoms with E-state index in [1.807, 2.05) is 78.9 Å². The Morgan fingerprint density at radius 3 is 1.80 bits per heavy atom. The van der Waals surface area contributed by atoms with E-state index < -0.39 is 24.3 Å². The van der Waals surface area contributed by atoms with Gasteiger partial charge in [-0.25, -0.2) is 19.6 Å². The smallest absolute Gasteiger partial charge is 0.455 e. The first-order chi connectivity index (χ1) is 30.8. The highest BCUT2D eigenvalue weighted by Crippen LogP contribution is 2.42. The number of anilines is 2. The Labute approximate surface area is 395 Å². The van der Waals surface area contributed by atoms with Crippen molar-refractivity contribution in [1.29, 1.82) is 0 Å². The van der Waals surface area contributed by atoms with Gasteiger partial charge in [0, 0.05) is 54.2 Å². The summed E-state index contributed by atoms with van der Waals surface area (Å²) >= 11 is 32.0. The van der Waals surface area contributed by atoms with Crippen LogP contribution in [0.1, 0.15) is 48.2 Å². The van der Waals surface area contributed by atoms with Gasteiger partial charge in [-0.15, -0.1) is 0 Å². The summed E-state index contributed by atoms with van der Waals surface area (Å²) in [7, 11) is 3.21. The molecule has 0 aliphatic heterocycles. The third-order valence-corrected chi connectivity index (χ3v) is 11.0. The van der Waals surface area contributed by atoms with Crippen molar-refractivity contribution in [1.82, 2.24) is 19.9 Å². The number of nitrogens with zero attached hydrogens (tertiary/aromatic N) is 4. The van der Waals surface area contributed by atoms with Gasteiger partial charge in [0.2, 0.25) is 6.79 Å². The molecule has 0 spiro atoms. The number of carbonyl (C=O) groups excluding carboxylic acids is 2. The van der Waals surface area contributed by atoms with Gasteiger partial charge in [-0.05, 0) is 85.6 Å². The first-order valence-electron chi connectivity index (χ1n) is 19.6. The third-order valence-electron chi connectivity index (χ3n) is 9.13. The summed E-state index contributed by atoms with van der Waals surface area (Å²) in [6.07, 6.45) is 3.38. The van der Waals surface area contributed by atoms with Crippen LogP contribution in [0, 0.1) is 0 Å². The summed E-state index contributed by atoms with van der Waals surface area (Å²) in [5, 5.41) is 9.68. The predicted octanol–water partition coefficient (Wildman–Crippen LogP) is 13.3. The molecule has 12 nitrogen and oxygen atoms in total. The van der Waals surface area contributed by atoms with Crippen molar-refractivity contribution in [3.8, 4) is 11.5 Å². The minimum absolute atomic E-state index is 0.311. The molecular weight excluding hydrogens is 922 g/mol. The van der Waals surface area contributed by atoms with Crippen LogP contribution in [0.25, 0.3) is 10.9 Å². The van der Waals surface area contributed by atoms with Gasteiger partial charge in [0.1, 0.15) is 22.9 Å². The second kappa shape index (κ2) is 22.6. The predicted molar refractivity (Wildman–Crippen MR) is 253 cm³/mol. The second-order valence-electron chi connectivity index (χ2n) is 14.2. The molecule has 2 unspecified atom stereocenters. The molecule has 0 saturated carbocycles. The number of hydrogen-bond donors (Lipinski definition) is 2. The van der Waals surface area contributed by atoms with Crippen LogP contribution in [0.4, 0.5) is 21.2 Å².